The van der Waals surface area contributed by atoms with Crippen molar-refractivity contribution < 1.29 is 9.21 Å². The van der Waals surface area contributed by atoms with Gasteiger partial charge in [0.1, 0.15) is 17.3 Å². The SMILES string of the molecule is Cc1nnc(SCC2NC(C(=O)NCc3ccco3)=CS2)n1-c1cccc(Cl)c1. The van der Waals surface area contributed by atoms with Crippen LogP contribution in [0.4, 0.5) is 0 Å². The van der Waals surface area contributed by atoms with Gasteiger partial charge in [0.25, 0.3) is 5.91 Å². The number of rotatable bonds is 7. The number of carbonyl (C=O) groups is 1. The van der Waals surface area contributed by atoms with Crippen LogP contribution in [0.1, 0.15) is 11.6 Å². The number of amides is 1. The first kappa shape index (κ1) is 19.9. The van der Waals surface area contributed by atoms with E-state index in [1.807, 2.05) is 47.2 Å². The summed E-state index contributed by atoms with van der Waals surface area (Å²) < 4.78 is 7.20. The van der Waals surface area contributed by atoms with Gasteiger partial charge in [-0.2, -0.15) is 0 Å². The van der Waals surface area contributed by atoms with Crippen LogP contribution in [0.15, 0.2) is 63.3 Å². The summed E-state index contributed by atoms with van der Waals surface area (Å²) in [5.41, 5.74) is 1.48. The number of furan rings is 1. The van der Waals surface area contributed by atoms with E-state index in [0.717, 1.165) is 22.4 Å². The van der Waals surface area contributed by atoms with E-state index in [-0.39, 0.29) is 11.3 Å². The van der Waals surface area contributed by atoms with Gasteiger partial charge in [-0.1, -0.05) is 29.4 Å². The van der Waals surface area contributed by atoms with Crippen molar-refractivity contribution in [1.29, 1.82) is 0 Å². The van der Waals surface area contributed by atoms with Crippen molar-refractivity contribution in [3.8, 4) is 5.69 Å². The monoisotopic (exact) mass is 447 g/mol. The quantitative estimate of drug-likeness (QED) is 0.533. The Labute approximate surface area is 181 Å². The van der Waals surface area contributed by atoms with Crippen LogP contribution < -0.4 is 10.6 Å². The van der Waals surface area contributed by atoms with Gasteiger partial charge in [0.05, 0.1) is 23.9 Å². The van der Waals surface area contributed by atoms with E-state index >= 15 is 0 Å². The summed E-state index contributed by atoms with van der Waals surface area (Å²) in [5, 5.41) is 17.9. The summed E-state index contributed by atoms with van der Waals surface area (Å²) in [4.78, 5) is 12.3. The smallest absolute Gasteiger partial charge is 0.268 e. The molecule has 1 aliphatic heterocycles. The van der Waals surface area contributed by atoms with Gasteiger partial charge in [-0.3, -0.25) is 9.36 Å². The number of aryl methyl sites for hydroxylation is 1. The molecular weight excluding hydrogens is 430 g/mol. The van der Waals surface area contributed by atoms with E-state index in [0.29, 0.717) is 23.0 Å². The van der Waals surface area contributed by atoms with E-state index in [1.165, 1.54) is 0 Å². The Morgan fingerprint density at radius 2 is 2.28 bits per heavy atom. The molecule has 0 bridgehead atoms. The summed E-state index contributed by atoms with van der Waals surface area (Å²) in [7, 11) is 0. The molecule has 29 heavy (non-hydrogen) atoms. The highest BCUT2D eigenvalue weighted by Gasteiger charge is 2.23. The minimum absolute atomic E-state index is 0.0641. The molecular formula is C19H18ClN5O2S2. The van der Waals surface area contributed by atoms with Crippen LogP contribution in [0.2, 0.25) is 5.02 Å². The molecule has 3 aromatic rings. The number of halogens is 1. The van der Waals surface area contributed by atoms with E-state index in [2.05, 4.69) is 20.8 Å². The molecule has 10 heteroatoms. The van der Waals surface area contributed by atoms with Crippen LogP contribution in [0.5, 0.6) is 0 Å². The highest BCUT2D eigenvalue weighted by Crippen LogP contribution is 2.29. The Morgan fingerprint density at radius 3 is 3.07 bits per heavy atom. The Hall–Kier alpha value is -2.36. The maximum Gasteiger partial charge on any atom is 0.268 e. The molecule has 1 amide bonds. The molecule has 0 saturated heterocycles. The Balaban J connectivity index is 1.33. The molecule has 7 nitrogen and oxygen atoms in total. The average molecular weight is 448 g/mol. The predicted molar refractivity (Wildman–Crippen MR) is 115 cm³/mol. The van der Waals surface area contributed by atoms with Gasteiger partial charge in [-0.25, -0.2) is 0 Å². The molecule has 0 saturated carbocycles. The number of nitrogens with zero attached hydrogens (tertiary/aromatic N) is 3. The minimum Gasteiger partial charge on any atom is -0.467 e. The van der Waals surface area contributed by atoms with Crippen LogP contribution in [-0.4, -0.2) is 31.8 Å². The second kappa shape index (κ2) is 8.98. The molecule has 2 N–H and O–H groups in total. The van der Waals surface area contributed by atoms with Crippen molar-refractivity contribution in [2.45, 2.75) is 24.0 Å². The van der Waals surface area contributed by atoms with Crippen LogP contribution in [0, 0.1) is 6.92 Å². The van der Waals surface area contributed by atoms with E-state index < -0.39 is 0 Å². The Kier molecular flexibility index (Phi) is 6.17. The van der Waals surface area contributed by atoms with Gasteiger partial charge in [0, 0.05) is 16.2 Å². The van der Waals surface area contributed by atoms with Gasteiger partial charge in [0.2, 0.25) is 0 Å². The third kappa shape index (κ3) is 4.80. The van der Waals surface area contributed by atoms with Crippen molar-refractivity contribution in [2.75, 3.05) is 5.75 Å². The zero-order valence-corrected chi connectivity index (χ0v) is 17.9. The lowest BCUT2D eigenvalue weighted by molar-refractivity contribution is -0.118. The minimum atomic E-state index is -0.153. The third-order valence-electron chi connectivity index (χ3n) is 4.14. The lowest BCUT2D eigenvalue weighted by Gasteiger charge is -2.13. The number of aromatic nitrogens is 3. The van der Waals surface area contributed by atoms with Crippen molar-refractivity contribution in [3.05, 3.63) is 70.4 Å². The molecule has 3 heterocycles. The maximum atomic E-state index is 12.3. The second-order valence-corrected chi connectivity index (χ2v) is 8.72. The van der Waals surface area contributed by atoms with Gasteiger partial charge in [-0.05, 0) is 37.3 Å². The summed E-state index contributed by atoms with van der Waals surface area (Å²) in [6, 6.07) is 11.2. The van der Waals surface area contributed by atoms with Crippen LogP contribution >= 0.6 is 35.1 Å². The number of nitrogens with one attached hydrogen (secondary N) is 2. The Bertz CT molecular complexity index is 1040. The molecule has 1 aliphatic rings. The fraction of sp³-hybridized carbons (Fsp3) is 0.211. The first-order valence-electron chi connectivity index (χ1n) is 8.83. The number of hydrogen-bond acceptors (Lipinski definition) is 7. The molecule has 0 spiro atoms. The first-order chi connectivity index (χ1) is 14.1. The fourth-order valence-corrected chi connectivity index (χ4v) is 4.99. The zero-order chi connectivity index (χ0) is 20.2. The lowest BCUT2D eigenvalue weighted by Crippen LogP contribution is -2.33. The molecule has 1 unspecified atom stereocenters. The summed E-state index contributed by atoms with van der Waals surface area (Å²) in [6.45, 7) is 2.26. The fourth-order valence-electron chi connectivity index (χ4n) is 2.77. The normalized spacial score (nSPS) is 15.8. The van der Waals surface area contributed by atoms with E-state index in [9.17, 15) is 4.79 Å². The molecule has 150 valence electrons. The summed E-state index contributed by atoms with van der Waals surface area (Å²) >= 11 is 9.28. The largest absolute Gasteiger partial charge is 0.467 e. The number of thioether (sulfide) groups is 2. The molecule has 0 radical (unpaired) electrons. The van der Waals surface area contributed by atoms with Gasteiger partial charge < -0.3 is 15.1 Å². The van der Waals surface area contributed by atoms with Gasteiger partial charge in [-0.15, -0.1) is 22.0 Å². The number of carbonyl (C=O) groups excluding carboxylic acids is 1. The topological polar surface area (TPSA) is 85.0 Å². The predicted octanol–water partition coefficient (Wildman–Crippen LogP) is 3.73. The number of hydrogen-bond donors (Lipinski definition) is 2. The molecule has 0 fully saturated rings. The first-order valence-corrected chi connectivity index (χ1v) is 11.1. The average Bonchev–Trinajstić information content (AvgIpc) is 3.46. The summed E-state index contributed by atoms with van der Waals surface area (Å²) in [5.74, 6) is 2.07. The second-order valence-electron chi connectivity index (χ2n) is 6.22. The van der Waals surface area contributed by atoms with Crippen LogP contribution in [0.3, 0.4) is 0 Å². The van der Waals surface area contributed by atoms with Crippen LogP contribution in [-0.2, 0) is 11.3 Å². The molecule has 1 atom stereocenters. The Morgan fingerprint density at radius 1 is 1.38 bits per heavy atom. The molecule has 1 aromatic carbocycles. The van der Waals surface area contributed by atoms with Gasteiger partial charge >= 0.3 is 0 Å². The third-order valence-corrected chi connectivity index (χ3v) is 6.59. The van der Waals surface area contributed by atoms with Gasteiger partial charge in [0.15, 0.2) is 5.16 Å². The zero-order valence-electron chi connectivity index (χ0n) is 15.5. The van der Waals surface area contributed by atoms with E-state index in [1.54, 1.807) is 35.9 Å². The molecule has 4 rings (SSSR count). The van der Waals surface area contributed by atoms with Crippen LogP contribution in [0.25, 0.3) is 5.69 Å². The van der Waals surface area contributed by atoms with Crippen molar-refractivity contribution >= 4 is 41.0 Å². The van der Waals surface area contributed by atoms with Crippen molar-refractivity contribution in [1.82, 2.24) is 25.4 Å². The number of benzene rings is 1. The lowest BCUT2D eigenvalue weighted by atomic mass is 10.3. The highest BCUT2D eigenvalue weighted by atomic mass is 35.5. The molecule has 2 aromatic heterocycles. The summed E-state index contributed by atoms with van der Waals surface area (Å²) in [6.07, 6.45) is 1.58. The maximum absolute atomic E-state index is 12.3. The standard InChI is InChI=1S/C19H18ClN5O2S2/c1-12-23-24-19(25(12)14-5-2-4-13(20)8-14)29-11-17-22-16(10-28-17)18(26)21-9-15-6-3-7-27-15/h2-8,10,17,22H,9,11H2,1H3,(H,21,26). The van der Waals surface area contributed by atoms with Crippen molar-refractivity contribution in [3.63, 3.8) is 0 Å². The molecule has 0 aliphatic carbocycles. The van der Waals surface area contributed by atoms with E-state index in [4.69, 9.17) is 16.0 Å². The highest BCUT2D eigenvalue weighted by molar-refractivity contribution is 8.05. The van der Waals surface area contributed by atoms with Crippen molar-refractivity contribution in [2.24, 2.45) is 0 Å².